The monoisotopic (exact) mass is 336 g/mol. The van der Waals surface area contributed by atoms with Gasteiger partial charge in [-0.25, -0.2) is 0 Å². The zero-order valence-electron chi connectivity index (χ0n) is 15.1. The van der Waals surface area contributed by atoms with Gasteiger partial charge in [-0.2, -0.15) is 0 Å². The Morgan fingerprint density at radius 3 is 2.50 bits per heavy atom. The van der Waals surface area contributed by atoms with Gasteiger partial charge in [0.15, 0.2) is 11.5 Å². The Hall–Kier alpha value is -1.79. The molecular formula is C18H28N2O4. The minimum absolute atomic E-state index is 0.00276. The van der Waals surface area contributed by atoms with Crippen LogP contribution in [0, 0.1) is 0 Å². The van der Waals surface area contributed by atoms with Gasteiger partial charge in [0.1, 0.15) is 0 Å². The summed E-state index contributed by atoms with van der Waals surface area (Å²) in [4.78, 5) is 14.9. The quantitative estimate of drug-likeness (QED) is 0.816. The fraction of sp³-hybridized carbons (Fsp3) is 0.611. The maximum absolute atomic E-state index is 12.6. The molecule has 1 amide bonds. The van der Waals surface area contributed by atoms with Crippen LogP contribution < -0.4 is 14.8 Å². The lowest BCUT2D eigenvalue weighted by Gasteiger charge is -2.28. The molecule has 2 rings (SSSR count). The maximum atomic E-state index is 12.6. The molecule has 24 heavy (non-hydrogen) atoms. The number of ether oxygens (including phenoxy) is 3. The summed E-state index contributed by atoms with van der Waals surface area (Å²) in [7, 11) is 3.19. The van der Waals surface area contributed by atoms with Crippen LogP contribution in [-0.4, -0.2) is 64.4 Å². The van der Waals surface area contributed by atoms with E-state index in [0.717, 1.165) is 38.4 Å². The first-order valence-corrected chi connectivity index (χ1v) is 8.30. The molecule has 0 radical (unpaired) electrons. The Morgan fingerprint density at radius 1 is 1.21 bits per heavy atom. The molecule has 1 N–H and O–H groups in total. The number of nitrogens with one attached hydrogen (secondary N) is 1. The second-order valence-electron chi connectivity index (χ2n) is 6.40. The van der Waals surface area contributed by atoms with E-state index in [0.29, 0.717) is 18.0 Å². The smallest absolute Gasteiger partial charge is 0.230 e. The molecule has 0 spiro atoms. The molecular weight excluding hydrogens is 308 g/mol. The number of rotatable bonds is 7. The van der Waals surface area contributed by atoms with E-state index in [1.54, 1.807) is 14.2 Å². The van der Waals surface area contributed by atoms with Gasteiger partial charge in [0.2, 0.25) is 5.91 Å². The Bertz CT molecular complexity index is 554. The minimum atomic E-state index is -0.648. The van der Waals surface area contributed by atoms with Crippen molar-refractivity contribution < 1.29 is 19.0 Å². The topological polar surface area (TPSA) is 60.0 Å². The van der Waals surface area contributed by atoms with Gasteiger partial charge in [-0.15, -0.1) is 0 Å². The molecule has 1 heterocycles. The number of hydrogen-bond donors (Lipinski definition) is 1. The van der Waals surface area contributed by atoms with Crippen molar-refractivity contribution >= 4 is 5.91 Å². The maximum Gasteiger partial charge on any atom is 0.230 e. The first-order chi connectivity index (χ1) is 11.5. The molecule has 1 aromatic carbocycles. The van der Waals surface area contributed by atoms with Gasteiger partial charge < -0.3 is 19.5 Å². The third-order valence-corrected chi connectivity index (χ3v) is 4.49. The first-order valence-electron chi connectivity index (χ1n) is 8.30. The van der Waals surface area contributed by atoms with E-state index in [9.17, 15) is 4.79 Å². The van der Waals surface area contributed by atoms with Crippen molar-refractivity contribution in [1.82, 2.24) is 10.2 Å². The highest BCUT2D eigenvalue weighted by Gasteiger charge is 2.30. The molecule has 0 atom stereocenters. The molecule has 0 aromatic heterocycles. The van der Waals surface area contributed by atoms with Crippen LogP contribution >= 0.6 is 0 Å². The minimum Gasteiger partial charge on any atom is -0.493 e. The highest BCUT2D eigenvalue weighted by Crippen LogP contribution is 2.33. The van der Waals surface area contributed by atoms with Crippen molar-refractivity contribution in [1.29, 1.82) is 0 Å². The lowest BCUT2D eigenvalue weighted by Crippen LogP contribution is -2.45. The Balaban J connectivity index is 1.96. The van der Waals surface area contributed by atoms with E-state index < -0.39 is 5.41 Å². The molecule has 134 valence electrons. The second kappa shape index (κ2) is 8.35. The van der Waals surface area contributed by atoms with E-state index in [1.165, 1.54) is 0 Å². The zero-order chi connectivity index (χ0) is 17.6. The number of carbonyl (C=O) groups is 1. The van der Waals surface area contributed by atoms with Gasteiger partial charge in [-0.1, -0.05) is 6.07 Å². The zero-order valence-corrected chi connectivity index (χ0v) is 15.1. The van der Waals surface area contributed by atoms with Crippen molar-refractivity contribution in [2.45, 2.75) is 19.3 Å². The predicted molar refractivity (Wildman–Crippen MR) is 92.8 cm³/mol. The van der Waals surface area contributed by atoms with Gasteiger partial charge in [-0.3, -0.25) is 9.69 Å². The van der Waals surface area contributed by atoms with E-state index in [1.807, 2.05) is 32.0 Å². The lowest BCUT2D eigenvalue weighted by atomic mass is 9.83. The summed E-state index contributed by atoms with van der Waals surface area (Å²) in [6.07, 6.45) is 0. The van der Waals surface area contributed by atoms with Crippen molar-refractivity contribution in [2.75, 3.05) is 53.6 Å². The average Bonchev–Trinajstić information content (AvgIpc) is 2.61. The molecule has 1 aliphatic rings. The number of benzene rings is 1. The van der Waals surface area contributed by atoms with Crippen molar-refractivity contribution in [2.24, 2.45) is 0 Å². The van der Waals surface area contributed by atoms with Crippen molar-refractivity contribution in [3.63, 3.8) is 0 Å². The predicted octanol–water partition coefficient (Wildman–Crippen LogP) is 1.43. The number of morpholine rings is 1. The molecule has 1 saturated heterocycles. The molecule has 6 nitrogen and oxygen atoms in total. The molecule has 1 aromatic rings. The summed E-state index contributed by atoms with van der Waals surface area (Å²) >= 11 is 0. The Morgan fingerprint density at radius 2 is 1.88 bits per heavy atom. The summed E-state index contributed by atoms with van der Waals surface area (Å²) in [5.41, 5.74) is 0.244. The fourth-order valence-electron chi connectivity index (χ4n) is 2.73. The number of hydrogen-bond acceptors (Lipinski definition) is 5. The highest BCUT2D eigenvalue weighted by molar-refractivity contribution is 5.87. The van der Waals surface area contributed by atoms with Gasteiger partial charge in [0.25, 0.3) is 0 Å². The standard InChI is InChI=1S/C18H28N2O4/c1-18(2,14-5-6-15(22-3)16(13-14)23-4)17(21)19-7-8-20-9-11-24-12-10-20/h5-6,13H,7-12H2,1-4H3,(H,19,21). The van der Waals surface area contributed by atoms with Crippen molar-refractivity contribution in [3.05, 3.63) is 23.8 Å². The highest BCUT2D eigenvalue weighted by atomic mass is 16.5. The second-order valence-corrected chi connectivity index (χ2v) is 6.40. The largest absolute Gasteiger partial charge is 0.493 e. The van der Waals surface area contributed by atoms with E-state index in [2.05, 4.69) is 10.2 Å². The van der Waals surface area contributed by atoms with Crippen LogP contribution in [0.3, 0.4) is 0 Å². The number of nitrogens with zero attached hydrogens (tertiary/aromatic N) is 1. The lowest BCUT2D eigenvalue weighted by molar-refractivity contribution is -0.125. The molecule has 0 aliphatic carbocycles. The number of amides is 1. The van der Waals surface area contributed by atoms with Crippen molar-refractivity contribution in [3.8, 4) is 11.5 Å². The van der Waals surface area contributed by atoms with Crippen LogP contribution in [0.1, 0.15) is 19.4 Å². The van der Waals surface area contributed by atoms with Crippen LogP contribution in [0.25, 0.3) is 0 Å². The van der Waals surface area contributed by atoms with Gasteiger partial charge in [0.05, 0.1) is 32.8 Å². The van der Waals surface area contributed by atoms with Crippen LogP contribution in [0.5, 0.6) is 11.5 Å². The van der Waals surface area contributed by atoms with Gasteiger partial charge in [-0.05, 0) is 31.5 Å². The fourth-order valence-corrected chi connectivity index (χ4v) is 2.73. The SMILES string of the molecule is COc1ccc(C(C)(C)C(=O)NCCN2CCOCC2)cc1OC. The molecule has 1 fully saturated rings. The molecule has 6 heteroatoms. The van der Waals surface area contributed by atoms with Crippen LogP contribution in [-0.2, 0) is 14.9 Å². The van der Waals surface area contributed by atoms with E-state index >= 15 is 0 Å². The normalized spacial score (nSPS) is 15.8. The Labute approximate surface area is 144 Å². The third kappa shape index (κ3) is 4.39. The van der Waals surface area contributed by atoms with Crippen LogP contribution in [0.4, 0.5) is 0 Å². The Kier molecular flexibility index (Phi) is 6.45. The van der Waals surface area contributed by atoms with Crippen LogP contribution in [0.2, 0.25) is 0 Å². The molecule has 0 bridgehead atoms. The molecule has 0 unspecified atom stereocenters. The number of carbonyl (C=O) groups excluding carboxylic acids is 1. The summed E-state index contributed by atoms with van der Waals surface area (Å²) in [5.74, 6) is 1.29. The summed E-state index contributed by atoms with van der Waals surface area (Å²) in [6, 6.07) is 5.60. The van der Waals surface area contributed by atoms with Gasteiger partial charge in [0, 0.05) is 26.2 Å². The van der Waals surface area contributed by atoms with Gasteiger partial charge >= 0.3 is 0 Å². The summed E-state index contributed by atoms with van der Waals surface area (Å²) < 4.78 is 15.9. The third-order valence-electron chi connectivity index (χ3n) is 4.49. The van der Waals surface area contributed by atoms with Crippen LogP contribution in [0.15, 0.2) is 18.2 Å². The molecule has 0 saturated carbocycles. The molecule has 1 aliphatic heterocycles. The van der Waals surface area contributed by atoms with E-state index in [-0.39, 0.29) is 5.91 Å². The summed E-state index contributed by atoms with van der Waals surface area (Å²) in [6.45, 7) is 8.70. The number of methoxy groups -OCH3 is 2. The average molecular weight is 336 g/mol. The van der Waals surface area contributed by atoms with E-state index in [4.69, 9.17) is 14.2 Å². The first kappa shape index (κ1) is 18.5. The summed E-state index contributed by atoms with van der Waals surface area (Å²) in [5, 5.41) is 3.04.